The Morgan fingerprint density at radius 2 is 2.18 bits per heavy atom. The zero-order chi connectivity index (χ0) is 12.6. The summed E-state index contributed by atoms with van der Waals surface area (Å²) in [5.74, 6) is 0. The van der Waals surface area contributed by atoms with Gasteiger partial charge in [-0.3, -0.25) is 0 Å². The van der Waals surface area contributed by atoms with Crippen molar-refractivity contribution < 1.29 is 8.42 Å². The topological polar surface area (TPSA) is 63.4 Å². The van der Waals surface area contributed by atoms with E-state index in [9.17, 15) is 8.42 Å². The van der Waals surface area contributed by atoms with Gasteiger partial charge in [0, 0.05) is 24.2 Å². The van der Waals surface area contributed by atoms with Crippen LogP contribution in [0.15, 0.2) is 23.1 Å². The molecule has 2 rings (SSSR count). The van der Waals surface area contributed by atoms with Crippen molar-refractivity contribution in [2.24, 2.45) is 5.73 Å². The number of nitrogens with zero attached hydrogens (tertiary/aromatic N) is 1. The lowest BCUT2D eigenvalue weighted by Gasteiger charge is -2.17. The van der Waals surface area contributed by atoms with E-state index in [0.29, 0.717) is 30.1 Å². The minimum absolute atomic E-state index is 0.0655. The van der Waals surface area contributed by atoms with Crippen LogP contribution < -0.4 is 5.73 Å². The zero-order valence-corrected chi connectivity index (χ0v) is 11.1. The van der Waals surface area contributed by atoms with Crippen LogP contribution in [0.2, 0.25) is 5.02 Å². The lowest BCUT2D eigenvalue weighted by atomic mass is 10.2. The first-order valence-electron chi connectivity index (χ1n) is 5.44. The Bertz CT molecular complexity index is 530. The van der Waals surface area contributed by atoms with E-state index >= 15 is 0 Å². The first-order chi connectivity index (χ1) is 7.93. The predicted octanol–water partition coefficient (Wildman–Crippen LogP) is 1.37. The highest BCUT2D eigenvalue weighted by molar-refractivity contribution is 7.89. The fraction of sp³-hybridized carbons (Fsp3) is 0.455. The smallest absolute Gasteiger partial charge is 0.243 e. The average molecular weight is 275 g/mol. The molecular formula is C11H15ClN2O2S. The summed E-state index contributed by atoms with van der Waals surface area (Å²) in [5, 5.41) is 0.467. The molecule has 0 unspecified atom stereocenters. The molecule has 1 aliphatic rings. The van der Waals surface area contributed by atoms with Crippen LogP contribution in [0.4, 0.5) is 0 Å². The third-order valence-electron chi connectivity index (χ3n) is 3.02. The van der Waals surface area contributed by atoms with Crippen LogP contribution in [0, 0.1) is 6.92 Å². The first-order valence-corrected chi connectivity index (χ1v) is 7.25. The molecule has 1 aliphatic heterocycles. The molecule has 1 aromatic rings. The molecule has 0 bridgehead atoms. The summed E-state index contributed by atoms with van der Waals surface area (Å²) in [4.78, 5) is 0.277. The molecule has 1 saturated heterocycles. The maximum atomic E-state index is 12.4. The van der Waals surface area contributed by atoms with Gasteiger partial charge in [0.05, 0.1) is 4.90 Å². The molecule has 4 nitrogen and oxygen atoms in total. The van der Waals surface area contributed by atoms with Gasteiger partial charge in [-0.2, -0.15) is 4.31 Å². The minimum Gasteiger partial charge on any atom is -0.326 e. The van der Waals surface area contributed by atoms with Crippen molar-refractivity contribution in [3.63, 3.8) is 0 Å². The van der Waals surface area contributed by atoms with Crippen LogP contribution in [0.1, 0.15) is 12.0 Å². The number of benzene rings is 1. The zero-order valence-electron chi connectivity index (χ0n) is 9.56. The van der Waals surface area contributed by atoms with Crippen LogP contribution in [-0.4, -0.2) is 31.9 Å². The highest BCUT2D eigenvalue weighted by atomic mass is 35.5. The molecule has 6 heteroatoms. The highest BCUT2D eigenvalue weighted by Crippen LogP contribution is 2.27. The SMILES string of the molecule is Cc1c(Cl)cccc1S(=O)(=O)N1CC[C@@H](N)C1. The van der Waals surface area contributed by atoms with Crippen molar-refractivity contribution in [3.8, 4) is 0 Å². The number of nitrogens with two attached hydrogens (primary N) is 1. The van der Waals surface area contributed by atoms with Crippen LogP contribution in [-0.2, 0) is 10.0 Å². The molecule has 2 N–H and O–H groups in total. The molecule has 0 amide bonds. The van der Waals surface area contributed by atoms with E-state index in [-0.39, 0.29) is 10.9 Å². The predicted molar refractivity (Wildman–Crippen MR) is 67.5 cm³/mol. The van der Waals surface area contributed by atoms with Crippen molar-refractivity contribution in [3.05, 3.63) is 28.8 Å². The third kappa shape index (κ3) is 2.33. The fourth-order valence-corrected chi connectivity index (χ4v) is 3.97. The number of halogens is 1. The van der Waals surface area contributed by atoms with Gasteiger partial charge in [0.2, 0.25) is 10.0 Å². The van der Waals surface area contributed by atoms with Gasteiger partial charge in [-0.05, 0) is 31.0 Å². The minimum atomic E-state index is -3.46. The van der Waals surface area contributed by atoms with Crippen molar-refractivity contribution in [1.82, 2.24) is 4.31 Å². The van der Waals surface area contributed by atoms with Crippen LogP contribution in [0.25, 0.3) is 0 Å². The van der Waals surface area contributed by atoms with E-state index < -0.39 is 10.0 Å². The monoisotopic (exact) mass is 274 g/mol. The summed E-state index contributed by atoms with van der Waals surface area (Å²) < 4.78 is 26.2. The van der Waals surface area contributed by atoms with Gasteiger partial charge < -0.3 is 5.73 Å². The molecule has 1 fully saturated rings. The Morgan fingerprint density at radius 3 is 2.76 bits per heavy atom. The molecular weight excluding hydrogens is 260 g/mol. The number of hydrogen-bond donors (Lipinski definition) is 1. The summed E-state index contributed by atoms with van der Waals surface area (Å²) in [7, 11) is -3.46. The second-order valence-corrected chi connectivity index (χ2v) is 6.59. The normalized spacial score (nSPS) is 21.9. The van der Waals surface area contributed by atoms with Gasteiger partial charge in [-0.1, -0.05) is 17.7 Å². The molecule has 0 spiro atoms. The van der Waals surface area contributed by atoms with Crippen LogP contribution in [0.5, 0.6) is 0 Å². The Hall–Kier alpha value is -0.620. The highest BCUT2D eigenvalue weighted by Gasteiger charge is 2.32. The molecule has 0 aromatic heterocycles. The van der Waals surface area contributed by atoms with E-state index in [1.165, 1.54) is 4.31 Å². The molecule has 94 valence electrons. The molecule has 1 heterocycles. The summed E-state index contributed by atoms with van der Waals surface area (Å²) in [6.45, 7) is 2.58. The lowest BCUT2D eigenvalue weighted by Crippen LogP contribution is -2.32. The second kappa shape index (κ2) is 4.57. The number of sulfonamides is 1. The summed E-state index contributed by atoms with van der Waals surface area (Å²) in [6.07, 6.45) is 0.707. The fourth-order valence-electron chi connectivity index (χ4n) is 1.98. The van der Waals surface area contributed by atoms with Gasteiger partial charge >= 0.3 is 0 Å². The number of rotatable bonds is 2. The molecule has 1 atom stereocenters. The van der Waals surface area contributed by atoms with Crippen molar-refractivity contribution >= 4 is 21.6 Å². The maximum absolute atomic E-state index is 12.4. The van der Waals surface area contributed by atoms with E-state index in [0.717, 1.165) is 0 Å². The largest absolute Gasteiger partial charge is 0.326 e. The van der Waals surface area contributed by atoms with Crippen molar-refractivity contribution in [1.29, 1.82) is 0 Å². The van der Waals surface area contributed by atoms with E-state index in [1.807, 2.05) is 0 Å². The molecule has 1 aromatic carbocycles. The summed E-state index contributed by atoms with van der Waals surface area (Å²) >= 11 is 5.95. The lowest BCUT2D eigenvalue weighted by molar-refractivity contribution is 0.472. The molecule has 0 aliphatic carbocycles. The Kier molecular flexibility index (Phi) is 3.45. The van der Waals surface area contributed by atoms with Crippen LogP contribution in [0.3, 0.4) is 0 Å². The van der Waals surface area contributed by atoms with E-state index in [4.69, 9.17) is 17.3 Å². The van der Waals surface area contributed by atoms with Gasteiger partial charge in [0.15, 0.2) is 0 Å². The van der Waals surface area contributed by atoms with Crippen molar-refractivity contribution in [2.75, 3.05) is 13.1 Å². The van der Waals surface area contributed by atoms with Crippen molar-refractivity contribution in [2.45, 2.75) is 24.3 Å². The summed E-state index contributed by atoms with van der Waals surface area (Å²) in [6, 6.07) is 4.86. The summed E-state index contributed by atoms with van der Waals surface area (Å²) in [5.41, 5.74) is 6.33. The Balaban J connectivity index is 2.42. The molecule has 0 saturated carbocycles. The Morgan fingerprint density at radius 1 is 1.47 bits per heavy atom. The quantitative estimate of drug-likeness (QED) is 0.886. The average Bonchev–Trinajstić information content (AvgIpc) is 2.69. The van der Waals surface area contributed by atoms with Gasteiger partial charge in [0.25, 0.3) is 0 Å². The van der Waals surface area contributed by atoms with E-state index in [1.54, 1.807) is 25.1 Å². The maximum Gasteiger partial charge on any atom is 0.243 e. The van der Waals surface area contributed by atoms with Crippen LogP contribution >= 0.6 is 11.6 Å². The molecule has 17 heavy (non-hydrogen) atoms. The van der Waals surface area contributed by atoms with E-state index in [2.05, 4.69) is 0 Å². The van der Waals surface area contributed by atoms with Gasteiger partial charge in [-0.25, -0.2) is 8.42 Å². The second-order valence-electron chi connectivity index (χ2n) is 4.27. The number of hydrogen-bond acceptors (Lipinski definition) is 3. The van der Waals surface area contributed by atoms with Gasteiger partial charge in [0.1, 0.15) is 0 Å². The third-order valence-corrected chi connectivity index (χ3v) is 5.44. The Labute approximate surface area is 106 Å². The first kappa shape index (κ1) is 12.8. The molecule has 0 radical (unpaired) electrons. The standard InChI is InChI=1S/C11H15ClN2O2S/c1-8-10(12)3-2-4-11(8)17(15,16)14-6-5-9(13)7-14/h2-4,9H,5-7,13H2,1H3/t9-/m1/s1. The van der Waals surface area contributed by atoms with Gasteiger partial charge in [-0.15, -0.1) is 0 Å².